The van der Waals surface area contributed by atoms with Crippen molar-refractivity contribution >= 4 is 11.6 Å². The molecule has 1 aromatic heterocycles. The maximum Gasteiger partial charge on any atom is 0.259 e. The average molecular weight is 231 g/mol. The van der Waals surface area contributed by atoms with Gasteiger partial charge in [-0.1, -0.05) is 13.0 Å². The number of carbonyl (C=O) groups is 1. The summed E-state index contributed by atoms with van der Waals surface area (Å²) in [6.07, 6.45) is 3.63. The highest BCUT2D eigenvalue weighted by molar-refractivity contribution is 6.04. The fourth-order valence-corrected chi connectivity index (χ4v) is 1.49. The van der Waals surface area contributed by atoms with Gasteiger partial charge in [-0.3, -0.25) is 4.79 Å². The Morgan fingerprint density at radius 2 is 2.24 bits per heavy atom. The molecule has 0 fully saturated rings. The Balaban J connectivity index is 2.21. The number of anilines is 1. The summed E-state index contributed by atoms with van der Waals surface area (Å²) in [5.74, 6) is -0.249. The molecule has 1 aromatic carbocycles. The van der Waals surface area contributed by atoms with Crippen molar-refractivity contribution in [3.8, 4) is 5.75 Å². The summed E-state index contributed by atoms with van der Waals surface area (Å²) < 4.78 is 4.83. The van der Waals surface area contributed by atoms with E-state index in [-0.39, 0.29) is 11.7 Å². The van der Waals surface area contributed by atoms with E-state index in [2.05, 4.69) is 5.32 Å². The fourth-order valence-electron chi connectivity index (χ4n) is 1.49. The molecule has 1 amide bonds. The van der Waals surface area contributed by atoms with Gasteiger partial charge in [0.15, 0.2) is 0 Å². The molecule has 4 heteroatoms. The summed E-state index contributed by atoms with van der Waals surface area (Å²) in [5, 5.41) is 12.3. The van der Waals surface area contributed by atoms with Gasteiger partial charge in [-0.15, -0.1) is 0 Å². The minimum atomic E-state index is -0.303. The Hall–Kier alpha value is -2.23. The number of amides is 1. The maximum atomic E-state index is 11.7. The lowest BCUT2D eigenvalue weighted by Crippen LogP contribution is -2.11. The minimum Gasteiger partial charge on any atom is -0.506 e. The van der Waals surface area contributed by atoms with Gasteiger partial charge in [0, 0.05) is 0 Å². The Bertz CT molecular complexity index is 517. The number of aromatic hydroxyl groups is 1. The molecule has 2 aromatic rings. The van der Waals surface area contributed by atoms with Gasteiger partial charge in [-0.25, -0.2) is 0 Å². The molecule has 0 unspecified atom stereocenters. The maximum absolute atomic E-state index is 11.7. The number of hydrogen-bond acceptors (Lipinski definition) is 3. The molecule has 88 valence electrons. The second-order valence-electron chi connectivity index (χ2n) is 3.67. The standard InChI is InChI=1S/C13H13NO3/c1-2-9-3-4-12(15)11(7-9)14-13(16)10-5-6-17-8-10/h3-8,15H,2H2,1H3,(H,14,16). The SMILES string of the molecule is CCc1ccc(O)c(NC(=O)c2ccoc2)c1. The Kier molecular flexibility index (Phi) is 3.14. The molecule has 17 heavy (non-hydrogen) atoms. The van der Waals surface area contributed by atoms with Crippen LogP contribution in [-0.2, 0) is 6.42 Å². The monoisotopic (exact) mass is 231 g/mol. The summed E-state index contributed by atoms with van der Waals surface area (Å²) >= 11 is 0. The van der Waals surface area contributed by atoms with Crippen molar-refractivity contribution in [3.05, 3.63) is 47.9 Å². The third-order valence-corrected chi connectivity index (χ3v) is 2.50. The second-order valence-corrected chi connectivity index (χ2v) is 3.67. The van der Waals surface area contributed by atoms with Crippen molar-refractivity contribution in [1.82, 2.24) is 0 Å². The molecule has 0 atom stereocenters. The summed E-state index contributed by atoms with van der Waals surface area (Å²) in [5.41, 5.74) is 1.88. The van der Waals surface area contributed by atoms with Crippen LogP contribution in [0.2, 0.25) is 0 Å². The number of phenols is 1. The topological polar surface area (TPSA) is 62.5 Å². The first-order chi connectivity index (χ1) is 8.20. The van der Waals surface area contributed by atoms with Gasteiger partial charge >= 0.3 is 0 Å². The molecular weight excluding hydrogens is 218 g/mol. The zero-order chi connectivity index (χ0) is 12.3. The largest absolute Gasteiger partial charge is 0.506 e. The molecule has 0 saturated carbocycles. The Morgan fingerprint density at radius 3 is 2.88 bits per heavy atom. The third kappa shape index (κ3) is 2.47. The lowest BCUT2D eigenvalue weighted by Gasteiger charge is -2.07. The Labute approximate surface area is 98.9 Å². The molecule has 0 radical (unpaired) electrons. The molecule has 0 spiro atoms. The van der Waals surface area contributed by atoms with Crippen molar-refractivity contribution in [2.45, 2.75) is 13.3 Å². The fraction of sp³-hybridized carbons (Fsp3) is 0.154. The second kappa shape index (κ2) is 4.74. The van der Waals surface area contributed by atoms with Crippen LogP contribution in [0.1, 0.15) is 22.8 Å². The van der Waals surface area contributed by atoms with Crippen LogP contribution in [0.25, 0.3) is 0 Å². The van der Waals surface area contributed by atoms with Crippen LogP contribution in [-0.4, -0.2) is 11.0 Å². The summed E-state index contributed by atoms with van der Waals surface area (Å²) in [4.78, 5) is 11.7. The number of aryl methyl sites for hydroxylation is 1. The highest BCUT2D eigenvalue weighted by Crippen LogP contribution is 2.25. The van der Waals surface area contributed by atoms with Crippen molar-refractivity contribution in [2.24, 2.45) is 0 Å². The molecule has 0 saturated heterocycles. The van der Waals surface area contributed by atoms with Gasteiger partial charge < -0.3 is 14.8 Å². The summed E-state index contributed by atoms with van der Waals surface area (Å²) in [7, 11) is 0. The van der Waals surface area contributed by atoms with Gasteiger partial charge in [0.1, 0.15) is 12.0 Å². The van der Waals surface area contributed by atoms with Crippen LogP contribution in [0.15, 0.2) is 41.2 Å². The van der Waals surface area contributed by atoms with E-state index in [1.165, 1.54) is 12.5 Å². The third-order valence-electron chi connectivity index (χ3n) is 2.50. The van der Waals surface area contributed by atoms with Crippen LogP contribution in [0.5, 0.6) is 5.75 Å². The van der Waals surface area contributed by atoms with E-state index in [1.54, 1.807) is 18.2 Å². The molecule has 0 aliphatic carbocycles. The minimum absolute atomic E-state index is 0.0547. The molecule has 0 aliphatic heterocycles. The van der Waals surface area contributed by atoms with E-state index < -0.39 is 0 Å². The van der Waals surface area contributed by atoms with Crippen LogP contribution in [0, 0.1) is 0 Å². The average Bonchev–Trinajstić information content (AvgIpc) is 2.85. The smallest absolute Gasteiger partial charge is 0.259 e. The van der Waals surface area contributed by atoms with Crippen molar-refractivity contribution in [1.29, 1.82) is 0 Å². The van der Waals surface area contributed by atoms with Crippen LogP contribution in [0.4, 0.5) is 5.69 Å². The first-order valence-corrected chi connectivity index (χ1v) is 5.36. The molecule has 2 rings (SSSR count). The zero-order valence-electron chi connectivity index (χ0n) is 9.43. The lowest BCUT2D eigenvalue weighted by atomic mass is 10.1. The molecular formula is C13H13NO3. The lowest BCUT2D eigenvalue weighted by molar-refractivity contribution is 0.102. The highest BCUT2D eigenvalue weighted by atomic mass is 16.3. The highest BCUT2D eigenvalue weighted by Gasteiger charge is 2.10. The number of hydrogen-bond donors (Lipinski definition) is 2. The van der Waals surface area contributed by atoms with Crippen molar-refractivity contribution in [3.63, 3.8) is 0 Å². The van der Waals surface area contributed by atoms with E-state index in [9.17, 15) is 9.90 Å². The van der Waals surface area contributed by atoms with Crippen LogP contribution < -0.4 is 5.32 Å². The van der Waals surface area contributed by atoms with Crippen LogP contribution in [0.3, 0.4) is 0 Å². The number of nitrogens with one attached hydrogen (secondary N) is 1. The first-order valence-electron chi connectivity index (χ1n) is 5.36. The predicted octanol–water partition coefficient (Wildman–Crippen LogP) is 2.80. The number of carbonyl (C=O) groups excluding carboxylic acids is 1. The molecule has 0 bridgehead atoms. The van der Waals surface area contributed by atoms with Gasteiger partial charge in [0.2, 0.25) is 0 Å². The molecule has 4 nitrogen and oxygen atoms in total. The quantitative estimate of drug-likeness (QED) is 0.798. The van der Waals surface area contributed by atoms with E-state index in [4.69, 9.17) is 4.42 Å². The predicted molar refractivity (Wildman–Crippen MR) is 64.1 cm³/mol. The molecule has 1 heterocycles. The van der Waals surface area contributed by atoms with E-state index in [0.29, 0.717) is 11.3 Å². The number of furan rings is 1. The van der Waals surface area contributed by atoms with E-state index in [0.717, 1.165) is 12.0 Å². The number of benzene rings is 1. The first kappa shape index (κ1) is 11.3. The summed E-state index contributed by atoms with van der Waals surface area (Å²) in [6.45, 7) is 2.01. The normalized spacial score (nSPS) is 10.2. The molecule has 2 N–H and O–H groups in total. The van der Waals surface area contributed by atoms with Gasteiger partial charge in [-0.05, 0) is 30.2 Å². The van der Waals surface area contributed by atoms with E-state index >= 15 is 0 Å². The zero-order valence-corrected chi connectivity index (χ0v) is 9.43. The Morgan fingerprint density at radius 1 is 1.41 bits per heavy atom. The molecule has 0 aliphatic rings. The van der Waals surface area contributed by atoms with Crippen LogP contribution >= 0.6 is 0 Å². The van der Waals surface area contributed by atoms with Gasteiger partial charge in [0.25, 0.3) is 5.91 Å². The van der Waals surface area contributed by atoms with Gasteiger partial charge in [-0.2, -0.15) is 0 Å². The van der Waals surface area contributed by atoms with Gasteiger partial charge in [0.05, 0.1) is 17.5 Å². The number of rotatable bonds is 3. The van der Waals surface area contributed by atoms with Crippen molar-refractivity contribution in [2.75, 3.05) is 5.32 Å². The van der Waals surface area contributed by atoms with Crippen molar-refractivity contribution < 1.29 is 14.3 Å². The van der Waals surface area contributed by atoms with E-state index in [1.807, 2.05) is 13.0 Å². The number of phenolic OH excluding ortho intramolecular Hbond substituents is 1. The summed E-state index contributed by atoms with van der Waals surface area (Å²) in [6, 6.07) is 6.72.